The highest BCUT2D eigenvalue weighted by Gasteiger charge is 2.30. The third kappa shape index (κ3) is 5.16. The summed E-state index contributed by atoms with van der Waals surface area (Å²) in [6.45, 7) is 1.79. The van der Waals surface area contributed by atoms with Crippen LogP contribution in [0.2, 0.25) is 0 Å². The zero-order chi connectivity index (χ0) is 25.0. The Bertz CT molecular complexity index is 1210. The van der Waals surface area contributed by atoms with Gasteiger partial charge >= 0.3 is 6.18 Å². The molecular weight excluding hydrogens is 479 g/mol. The molecule has 3 aromatic rings. The summed E-state index contributed by atoms with van der Waals surface area (Å²) in [5.41, 5.74) is -2.09. The van der Waals surface area contributed by atoms with Gasteiger partial charge in [-0.2, -0.15) is 13.2 Å². The van der Waals surface area contributed by atoms with E-state index < -0.39 is 34.7 Å². The average Bonchev–Trinajstić information content (AvgIpc) is 3.23. The maximum absolute atomic E-state index is 15.2. The number of H-pyrrole nitrogens is 1. The first kappa shape index (κ1) is 25.1. The van der Waals surface area contributed by atoms with Crippen molar-refractivity contribution in [3.05, 3.63) is 76.5 Å². The van der Waals surface area contributed by atoms with Gasteiger partial charge in [-0.25, -0.2) is 8.78 Å². The molecule has 0 unspecified atom stereocenters. The fourth-order valence-electron chi connectivity index (χ4n) is 3.05. The quantitative estimate of drug-likeness (QED) is 0.0996. The molecule has 4 N–H and O–H groups in total. The summed E-state index contributed by atoms with van der Waals surface area (Å²) in [6.07, 6.45) is -3.27. The van der Waals surface area contributed by atoms with Crippen molar-refractivity contribution in [2.75, 3.05) is 23.7 Å². The van der Waals surface area contributed by atoms with E-state index in [0.29, 0.717) is 4.90 Å². The molecular formula is C22H19F5N4O2S. The lowest BCUT2D eigenvalue weighted by molar-refractivity contribution is -0.137. The average molecular weight is 498 g/mol. The van der Waals surface area contributed by atoms with Crippen molar-refractivity contribution in [3.8, 4) is 0 Å². The first-order valence-electron chi connectivity index (χ1n) is 9.82. The van der Waals surface area contributed by atoms with E-state index in [1.165, 1.54) is 25.4 Å². The van der Waals surface area contributed by atoms with Crippen LogP contribution in [-0.4, -0.2) is 30.3 Å². The number of hydrogen-bond acceptors (Lipinski definition) is 6. The van der Waals surface area contributed by atoms with Crippen molar-refractivity contribution in [3.63, 3.8) is 0 Å². The van der Waals surface area contributed by atoms with Crippen LogP contribution in [0.5, 0.6) is 0 Å². The smallest absolute Gasteiger partial charge is 0.416 e. The Kier molecular flexibility index (Phi) is 7.50. The minimum atomic E-state index is -4.49. The van der Waals surface area contributed by atoms with Crippen molar-refractivity contribution < 1.29 is 31.5 Å². The summed E-state index contributed by atoms with van der Waals surface area (Å²) in [7, 11) is 1.53. The molecule has 0 aliphatic rings. The van der Waals surface area contributed by atoms with Gasteiger partial charge in [-0.15, -0.1) is 0 Å². The summed E-state index contributed by atoms with van der Waals surface area (Å²) in [6, 6.07) is 6.10. The van der Waals surface area contributed by atoms with E-state index >= 15 is 4.39 Å². The van der Waals surface area contributed by atoms with Gasteiger partial charge in [0.2, 0.25) is 11.7 Å². The van der Waals surface area contributed by atoms with E-state index in [2.05, 4.69) is 15.0 Å². The van der Waals surface area contributed by atoms with Crippen molar-refractivity contribution in [1.29, 1.82) is 5.41 Å². The number of hydrogen-bond donors (Lipinski definition) is 4. The van der Waals surface area contributed by atoms with Gasteiger partial charge in [0.15, 0.2) is 5.82 Å². The molecule has 0 saturated carbocycles. The second-order valence-electron chi connectivity index (χ2n) is 6.80. The Morgan fingerprint density at radius 3 is 2.38 bits per heavy atom. The van der Waals surface area contributed by atoms with Crippen LogP contribution in [0.1, 0.15) is 34.0 Å². The summed E-state index contributed by atoms with van der Waals surface area (Å²) in [5.74, 6) is -3.42. The molecule has 6 nitrogen and oxygen atoms in total. The molecule has 0 fully saturated rings. The molecule has 1 heterocycles. The number of ketones is 1. The van der Waals surface area contributed by atoms with Crippen LogP contribution in [0, 0.1) is 17.0 Å². The van der Waals surface area contributed by atoms with Crippen molar-refractivity contribution in [2.45, 2.75) is 18.0 Å². The molecule has 0 spiro atoms. The van der Waals surface area contributed by atoms with Crippen molar-refractivity contribution in [2.24, 2.45) is 0 Å². The minimum Gasteiger partial charge on any atom is -0.478 e. The van der Waals surface area contributed by atoms with Gasteiger partial charge in [-0.05, 0) is 55.3 Å². The molecule has 0 saturated heterocycles. The molecule has 0 aliphatic heterocycles. The highest BCUT2D eigenvalue weighted by Crippen LogP contribution is 2.33. The monoisotopic (exact) mass is 498 g/mol. The molecule has 2 aromatic carbocycles. The maximum Gasteiger partial charge on any atom is 0.416 e. The number of aromatic amines is 1. The first-order valence-corrected chi connectivity index (χ1v) is 10.6. The maximum atomic E-state index is 15.2. The zero-order valence-electron chi connectivity index (χ0n) is 17.9. The lowest BCUT2D eigenvalue weighted by atomic mass is 10.00. The van der Waals surface area contributed by atoms with Crippen molar-refractivity contribution >= 4 is 35.1 Å². The van der Waals surface area contributed by atoms with Crippen LogP contribution in [0.3, 0.4) is 0 Å². The number of aromatic nitrogens is 1. The van der Waals surface area contributed by atoms with Gasteiger partial charge in [-0.1, -0.05) is 0 Å². The number of alkyl halides is 3. The second kappa shape index (κ2) is 10.2. The van der Waals surface area contributed by atoms with Gasteiger partial charge in [-0.3, -0.25) is 10.2 Å². The molecule has 3 rings (SSSR count). The zero-order valence-corrected chi connectivity index (χ0v) is 18.7. The van der Waals surface area contributed by atoms with E-state index in [4.69, 9.17) is 10.1 Å². The number of benzene rings is 2. The summed E-state index contributed by atoms with van der Waals surface area (Å²) < 4.78 is 75.6. The topological polar surface area (TPSA) is 90.0 Å². The van der Waals surface area contributed by atoms with Crippen LogP contribution in [0.4, 0.5) is 33.5 Å². The first-order chi connectivity index (χ1) is 16.1. The number of ether oxygens (including phenoxy) is 1. The molecule has 12 heteroatoms. The van der Waals surface area contributed by atoms with Crippen LogP contribution in [0.15, 0.2) is 47.5 Å². The predicted molar refractivity (Wildman–Crippen MR) is 120 cm³/mol. The molecule has 0 bridgehead atoms. The fraction of sp³-hybridized carbons (Fsp3) is 0.182. The van der Waals surface area contributed by atoms with E-state index in [1.54, 1.807) is 6.92 Å². The van der Waals surface area contributed by atoms with Crippen molar-refractivity contribution in [1.82, 2.24) is 4.98 Å². The fourth-order valence-corrected chi connectivity index (χ4v) is 3.71. The third-order valence-electron chi connectivity index (χ3n) is 4.67. The van der Waals surface area contributed by atoms with Crippen LogP contribution < -0.4 is 10.0 Å². The lowest BCUT2D eigenvalue weighted by Gasteiger charge is -2.12. The summed E-state index contributed by atoms with van der Waals surface area (Å²) >= 11 is 0.790. The molecule has 34 heavy (non-hydrogen) atoms. The van der Waals surface area contributed by atoms with Crippen LogP contribution in [0.25, 0.3) is 0 Å². The van der Waals surface area contributed by atoms with Gasteiger partial charge in [0.05, 0.1) is 34.5 Å². The number of rotatable bonds is 8. The normalized spacial score (nSPS) is 11.3. The third-order valence-corrected chi connectivity index (χ3v) is 5.50. The largest absolute Gasteiger partial charge is 0.478 e. The SMILES string of the molecule is CCOC(=N)c1c(C(=O)c2c(F)ccc(NSc3ccc(C(F)(F)F)cc3)c2F)c[nH]c1NC. The second-order valence-corrected chi connectivity index (χ2v) is 7.68. The Hall–Kier alpha value is -3.54. The Morgan fingerprint density at radius 1 is 1.12 bits per heavy atom. The predicted octanol–water partition coefficient (Wildman–Crippen LogP) is 6.07. The standard InChI is InChI=1S/C22H19F5N4O2S/c1-3-33-20(28)16-13(10-30-21(16)29-2)19(32)17-14(23)8-9-15(18(17)24)31-34-12-6-4-11(5-7-12)22(25,26)27/h4-10,28-31H,3H2,1-2H3. The highest BCUT2D eigenvalue weighted by atomic mass is 32.2. The van der Waals surface area contributed by atoms with Gasteiger partial charge in [0, 0.05) is 18.1 Å². The molecule has 180 valence electrons. The minimum absolute atomic E-state index is 0.0191. The number of nitrogens with one attached hydrogen (secondary N) is 4. The number of anilines is 2. The molecule has 0 amide bonds. The highest BCUT2D eigenvalue weighted by molar-refractivity contribution is 8.00. The van der Waals surface area contributed by atoms with E-state index in [-0.39, 0.29) is 35.1 Å². The van der Waals surface area contributed by atoms with E-state index in [0.717, 1.165) is 36.2 Å². The molecule has 0 radical (unpaired) electrons. The van der Waals surface area contributed by atoms with Crippen LogP contribution in [-0.2, 0) is 10.9 Å². The molecule has 1 aromatic heterocycles. The number of halogens is 5. The lowest BCUT2D eigenvalue weighted by Crippen LogP contribution is -2.15. The van der Waals surface area contributed by atoms with Crippen LogP contribution >= 0.6 is 11.9 Å². The Labute approximate surface area is 195 Å². The summed E-state index contributed by atoms with van der Waals surface area (Å²) in [4.78, 5) is 16.1. The number of carbonyl (C=O) groups is 1. The van der Waals surface area contributed by atoms with Gasteiger partial charge in [0.25, 0.3) is 0 Å². The van der Waals surface area contributed by atoms with E-state index in [1.807, 2.05) is 0 Å². The van der Waals surface area contributed by atoms with Gasteiger partial charge in [0.1, 0.15) is 11.6 Å². The Morgan fingerprint density at radius 2 is 1.79 bits per heavy atom. The Balaban J connectivity index is 1.90. The summed E-state index contributed by atoms with van der Waals surface area (Å²) in [5, 5.41) is 10.8. The van der Waals surface area contributed by atoms with Gasteiger partial charge < -0.3 is 19.8 Å². The van der Waals surface area contributed by atoms with E-state index in [9.17, 15) is 22.4 Å². The molecule has 0 aliphatic carbocycles. The molecule has 0 atom stereocenters. The number of carbonyl (C=O) groups excluding carboxylic acids is 1.